The Morgan fingerprint density at radius 3 is 2.79 bits per heavy atom. The van der Waals surface area contributed by atoms with E-state index in [1.807, 2.05) is 24.8 Å². The number of carbonyl (C=O) groups is 1. The number of aromatic nitrogens is 1. The molecule has 1 aromatic rings. The third-order valence-corrected chi connectivity index (χ3v) is 3.12. The Bertz CT molecular complexity index is 415. The fourth-order valence-corrected chi connectivity index (χ4v) is 2.02. The van der Waals surface area contributed by atoms with Gasteiger partial charge >= 0.3 is 0 Å². The van der Waals surface area contributed by atoms with Crippen LogP contribution in [-0.4, -0.2) is 41.5 Å². The second kappa shape index (κ2) is 6.41. The maximum Gasteiger partial charge on any atom is 0.242 e. The molecule has 104 valence electrons. The zero-order chi connectivity index (χ0) is 13.7. The average Bonchev–Trinajstić information content (AvgIpc) is 3.24. The molecule has 0 spiro atoms. The largest absolute Gasteiger partial charge is 0.478 e. The van der Waals surface area contributed by atoms with Crippen molar-refractivity contribution in [1.29, 1.82) is 0 Å². The summed E-state index contributed by atoms with van der Waals surface area (Å²) in [6, 6.07) is 4.14. The summed E-state index contributed by atoms with van der Waals surface area (Å²) >= 11 is 0. The van der Waals surface area contributed by atoms with Gasteiger partial charge in [-0.25, -0.2) is 4.98 Å². The van der Waals surface area contributed by atoms with Gasteiger partial charge < -0.3 is 15.0 Å². The second-order valence-electron chi connectivity index (χ2n) is 4.58. The van der Waals surface area contributed by atoms with Gasteiger partial charge in [-0.1, -0.05) is 0 Å². The topological polar surface area (TPSA) is 54.5 Å². The Labute approximate surface area is 114 Å². The van der Waals surface area contributed by atoms with Crippen molar-refractivity contribution in [3.63, 3.8) is 0 Å². The van der Waals surface area contributed by atoms with E-state index in [0.29, 0.717) is 25.1 Å². The van der Waals surface area contributed by atoms with E-state index in [1.165, 1.54) is 0 Å². The lowest BCUT2D eigenvalue weighted by Crippen LogP contribution is -2.37. The van der Waals surface area contributed by atoms with E-state index in [2.05, 4.69) is 10.3 Å². The summed E-state index contributed by atoms with van der Waals surface area (Å²) in [6.07, 6.45) is 3.97. The number of nitrogens with zero attached hydrogens (tertiary/aromatic N) is 2. The van der Waals surface area contributed by atoms with Crippen LogP contribution in [0, 0.1) is 0 Å². The molecule has 1 heterocycles. The van der Waals surface area contributed by atoms with Crippen LogP contribution in [0.4, 0.5) is 5.69 Å². The molecule has 1 fully saturated rings. The molecule has 0 radical (unpaired) electrons. The summed E-state index contributed by atoms with van der Waals surface area (Å²) in [7, 11) is 0. The first-order valence-corrected chi connectivity index (χ1v) is 6.86. The summed E-state index contributed by atoms with van der Waals surface area (Å²) in [5.41, 5.74) is 0.837. The fraction of sp³-hybridized carbons (Fsp3) is 0.571. The Balaban J connectivity index is 1.82. The highest BCUT2D eigenvalue weighted by Crippen LogP contribution is 2.26. The number of hydrogen-bond acceptors (Lipinski definition) is 4. The lowest BCUT2D eigenvalue weighted by molar-refractivity contribution is -0.129. The molecule has 1 aliphatic rings. The zero-order valence-corrected chi connectivity index (χ0v) is 11.6. The molecule has 19 heavy (non-hydrogen) atoms. The SMILES string of the molecule is CCOc1ccc(NCC(=O)N(CC)C2CC2)cn1. The average molecular weight is 263 g/mol. The van der Waals surface area contributed by atoms with E-state index in [4.69, 9.17) is 4.74 Å². The van der Waals surface area contributed by atoms with Gasteiger partial charge in [0.05, 0.1) is 25.0 Å². The van der Waals surface area contributed by atoms with Crippen molar-refractivity contribution in [2.24, 2.45) is 0 Å². The fourth-order valence-electron chi connectivity index (χ4n) is 2.02. The summed E-state index contributed by atoms with van der Waals surface area (Å²) < 4.78 is 5.27. The molecule has 1 N–H and O–H groups in total. The summed E-state index contributed by atoms with van der Waals surface area (Å²) in [5, 5.41) is 3.10. The summed E-state index contributed by atoms with van der Waals surface area (Å²) in [4.78, 5) is 18.1. The van der Waals surface area contributed by atoms with Crippen molar-refractivity contribution in [1.82, 2.24) is 9.88 Å². The Morgan fingerprint density at radius 1 is 1.47 bits per heavy atom. The Kier molecular flexibility index (Phi) is 4.60. The molecule has 1 amide bonds. The molecule has 2 rings (SSSR count). The van der Waals surface area contributed by atoms with E-state index >= 15 is 0 Å². The van der Waals surface area contributed by atoms with Crippen LogP contribution in [0.15, 0.2) is 18.3 Å². The molecule has 1 aromatic heterocycles. The van der Waals surface area contributed by atoms with Gasteiger partial charge in [-0.3, -0.25) is 4.79 Å². The number of nitrogens with one attached hydrogen (secondary N) is 1. The molecule has 0 aromatic carbocycles. The molecule has 0 aliphatic heterocycles. The molecule has 0 unspecified atom stereocenters. The van der Waals surface area contributed by atoms with Crippen molar-refractivity contribution in [2.45, 2.75) is 32.7 Å². The van der Waals surface area contributed by atoms with Crippen molar-refractivity contribution in [3.05, 3.63) is 18.3 Å². The quantitative estimate of drug-likeness (QED) is 0.816. The normalized spacial score (nSPS) is 14.0. The van der Waals surface area contributed by atoms with E-state index in [0.717, 1.165) is 25.1 Å². The Morgan fingerprint density at radius 2 is 2.26 bits per heavy atom. The van der Waals surface area contributed by atoms with Crippen LogP contribution in [-0.2, 0) is 4.79 Å². The number of ether oxygens (including phenoxy) is 1. The maximum atomic E-state index is 12.0. The van der Waals surface area contributed by atoms with Crippen molar-refractivity contribution >= 4 is 11.6 Å². The predicted octanol–water partition coefficient (Wildman–Crippen LogP) is 1.90. The first kappa shape index (κ1) is 13.6. The van der Waals surface area contributed by atoms with Gasteiger partial charge in [0.25, 0.3) is 0 Å². The van der Waals surface area contributed by atoms with Crippen LogP contribution in [0.5, 0.6) is 5.88 Å². The van der Waals surface area contributed by atoms with Gasteiger partial charge in [0.2, 0.25) is 11.8 Å². The molecule has 0 atom stereocenters. The Hall–Kier alpha value is -1.78. The molecule has 1 aliphatic carbocycles. The smallest absolute Gasteiger partial charge is 0.242 e. The van der Waals surface area contributed by atoms with E-state index in [-0.39, 0.29) is 5.91 Å². The van der Waals surface area contributed by atoms with Crippen molar-refractivity contribution in [3.8, 4) is 5.88 Å². The van der Waals surface area contributed by atoms with Gasteiger partial charge in [-0.2, -0.15) is 0 Å². The van der Waals surface area contributed by atoms with Gasteiger partial charge in [0, 0.05) is 18.7 Å². The maximum absolute atomic E-state index is 12.0. The van der Waals surface area contributed by atoms with Crippen molar-refractivity contribution < 1.29 is 9.53 Å². The van der Waals surface area contributed by atoms with E-state index in [1.54, 1.807) is 12.3 Å². The number of rotatable bonds is 7. The number of hydrogen-bond donors (Lipinski definition) is 1. The number of amides is 1. The summed E-state index contributed by atoms with van der Waals surface area (Å²) in [5.74, 6) is 0.756. The predicted molar refractivity (Wildman–Crippen MR) is 74.3 cm³/mol. The molecule has 5 nitrogen and oxygen atoms in total. The molecule has 0 saturated heterocycles. The highest BCUT2D eigenvalue weighted by Gasteiger charge is 2.30. The highest BCUT2D eigenvalue weighted by atomic mass is 16.5. The van der Waals surface area contributed by atoms with Gasteiger partial charge in [-0.15, -0.1) is 0 Å². The molecule has 1 saturated carbocycles. The van der Waals surface area contributed by atoms with Crippen molar-refractivity contribution in [2.75, 3.05) is 25.0 Å². The first-order chi connectivity index (χ1) is 9.24. The molecular formula is C14H21N3O2. The minimum atomic E-state index is 0.152. The third-order valence-electron chi connectivity index (χ3n) is 3.12. The van der Waals surface area contributed by atoms with Gasteiger partial charge in [0.15, 0.2) is 0 Å². The van der Waals surface area contributed by atoms with E-state index < -0.39 is 0 Å². The van der Waals surface area contributed by atoms with Crippen LogP contribution in [0.1, 0.15) is 26.7 Å². The minimum Gasteiger partial charge on any atom is -0.478 e. The standard InChI is InChI=1S/C14H21N3O2/c1-3-17(12-6-7-12)14(18)10-15-11-5-8-13(16-9-11)19-4-2/h5,8-9,12,15H,3-4,6-7,10H2,1-2H3. The van der Waals surface area contributed by atoms with Gasteiger partial charge in [-0.05, 0) is 32.8 Å². The van der Waals surface area contributed by atoms with Crippen LogP contribution < -0.4 is 10.1 Å². The number of likely N-dealkylation sites (N-methyl/N-ethyl adjacent to an activating group) is 1. The first-order valence-electron chi connectivity index (χ1n) is 6.86. The summed E-state index contributed by atoms with van der Waals surface area (Å²) in [6.45, 7) is 5.65. The molecule has 5 heteroatoms. The minimum absolute atomic E-state index is 0.152. The van der Waals surface area contributed by atoms with E-state index in [9.17, 15) is 4.79 Å². The van der Waals surface area contributed by atoms with Crippen LogP contribution in [0.2, 0.25) is 0 Å². The zero-order valence-electron chi connectivity index (χ0n) is 11.6. The number of pyridine rings is 1. The van der Waals surface area contributed by atoms with Crippen LogP contribution in [0.25, 0.3) is 0 Å². The number of anilines is 1. The molecule has 0 bridgehead atoms. The third kappa shape index (κ3) is 3.84. The molecular weight excluding hydrogens is 242 g/mol. The van der Waals surface area contributed by atoms with Crippen LogP contribution >= 0.6 is 0 Å². The lowest BCUT2D eigenvalue weighted by atomic mass is 10.4. The van der Waals surface area contributed by atoms with Crippen LogP contribution in [0.3, 0.4) is 0 Å². The second-order valence-corrected chi connectivity index (χ2v) is 4.58. The van der Waals surface area contributed by atoms with Gasteiger partial charge in [0.1, 0.15) is 0 Å². The highest BCUT2D eigenvalue weighted by molar-refractivity contribution is 5.81. The number of carbonyl (C=O) groups excluding carboxylic acids is 1. The monoisotopic (exact) mass is 263 g/mol. The lowest BCUT2D eigenvalue weighted by Gasteiger charge is -2.20.